The van der Waals surface area contributed by atoms with Crippen molar-refractivity contribution in [3.8, 4) is 0 Å². The summed E-state index contributed by atoms with van der Waals surface area (Å²) in [5.41, 5.74) is 0.566. The van der Waals surface area contributed by atoms with E-state index < -0.39 is 25.9 Å². The SMILES string of the molecule is CC(C)[Si](C)(C)O[Si](C)(CCCOCCOCCOCCOCCOCCOCCOCCOCCOCCOCCOCCO)O[SiH](C)C. The number of rotatable bonds is 41. The molecule has 0 spiro atoms. The smallest absolute Gasteiger partial charge is 0.314 e. The van der Waals surface area contributed by atoms with Gasteiger partial charge in [-0.1, -0.05) is 13.8 Å². The minimum atomic E-state index is -2.18. The van der Waals surface area contributed by atoms with E-state index in [1.54, 1.807) is 0 Å². The van der Waals surface area contributed by atoms with Gasteiger partial charge in [0.05, 0.1) is 145 Å². The molecule has 0 radical (unpaired) electrons. The summed E-state index contributed by atoms with van der Waals surface area (Å²) in [5.74, 6) is 0. The molecule has 0 aromatic heterocycles. The van der Waals surface area contributed by atoms with Gasteiger partial charge < -0.3 is 65.4 Å². The first-order valence-corrected chi connectivity index (χ1v) is 26.8. The van der Waals surface area contributed by atoms with Crippen LogP contribution in [0.15, 0.2) is 0 Å². The predicted octanol–water partition coefficient (Wildman–Crippen LogP) is 3.26. The first-order chi connectivity index (χ1) is 24.1. The largest absolute Gasteiger partial charge is 0.439 e. The fourth-order valence-corrected chi connectivity index (χ4v) is 15.8. The van der Waals surface area contributed by atoms with Gasteiger partial charge >= 0.3 is 8.56 Å². The molecule has 0 fully saturated rings. The van der Waals surface area contributed by atoms with Crippen LogP contribution in [0.5, 0.6) is 0 Å². The highest BCUT2D eigenvalue weighted by atomic mass is 28.5. The van der Waals surface area contributed by atoms with E-state index in [0.29, 0.717) is 151 Å². The van der Waals surface area contributed by atoms with Crippen molar-refractivity contribution in [2.75, 3.05) is 152 Å². The molecule has 0 saturated carbocycles. The maximum Gasteiger partial charge on any atom is 0.314 e. The van der Waals surface area contributed by atoms with Crippen LogP contribution in [0, 0.1) is 0 Å². The summed E-state index contributed by atoms with van der Waals surface area (Å²) in [5, 5.41) is 8.59. The summed E-state index contributed by atoms with van der Waals surface area (Å²) in [6.07, 6.45) is 0.948. The Morgan fingerprint density at radius 1 is 0.440 bits per heavy atom. The van der Waals surface area contributed by atoms with Gasteiger partial charge in [0.25, 0.3) is 0 Å². The van der Waals surface area contributed by atoms with Crippen molar-refractivity contribution in [2.45, 2.75) is 64.6 Å². The summed E-state index contributed by atoms with van der Waals surface area (Å²) in [4.78, 5) is 0. The third-order valence-electron chi connectivity index (χ3n) is 7.23. The molecule has 0 rings (SSSR count). The molecular formula is C33H74O14Si3. The zero-order valence-electron chi connectivity index (χ0n) is 32.6. The number of hydrogen-bond donors (Lipinski definition) is 1. The van der Waals surface area contributed by atoms with Crippen LogP contribution in [0.1, 0.15) is 20.3 Å². The van der Waals surface area contributed by atoms with E-state index in [1.165, 1.54) is 0 Å². The Morgan fingerprint density at radius 2 is 0.700 bits per heavy atom. The molecule has 50 heavy (non-hydrogen) atoms. The molecule has 0 bridgehead atoms. The second-order valence-corrected chi connectivity index (χ2v) is 23.7. The van der Waals surface area contributed by atoms with Crippen molar-refractivity contribution in [1.29, 1.82) is 0 Å². The number of aliphatic hydroxyl groups excluding tert-OH is 1. The highest BCUT2D eigenvalue weighted by molar-refractivity contribution is 6.85. The van der Waals surface area contributed by atoms with E-state index in [-0.39, 0.29) is 6.61 Å². The highest BCUT2D eigenvalue weighted by Gasteiger charge is 2.40. The molecule has 0 saturated heterocycles. The number of hydrogen-bond acceptors (Lipinski definition) is 14. The summed E-state index contributed by atoms with van der Waals surface area (Å²) in [7, 11) is -5.11. The second-order valence-electron chi connectivity index (χ2n) is 12.7. The molecule has 0 aliphatic rings. The van der Waals surface area contributed by atoms with Crippen LogP contribution in [-0.2, 0) is 60.3 Å². The topological polar surface area (TPSA) is 140 Å². The lowest BCUT2D eigenvalue weighted by atomic mass is 10.5. The molecule has 1 atom stereocenters. The first kappa shape index (κ1) is 50.1. The van der Waals surface area contributed by atoms with E-state index in [0.717, 1.165) is 12.5 Å². The molecule has 0 aliphatic carbocycles. The summed E-state index contributed by atoms with van der Waals surface area (Å²) < 4.78 is 73.4. The van der Waals surface area contributed by atoms with Crippen LogP contribution >= 0.6 is 0 Å². The van der Waals surface area contributed by atoms with Gasteiger partial charge in [-0.15, -0.1) is 0 Å². The first-order valence-electron chi connectivity index (χ1n) is 18.5. The van der Waals surface area contributed by atoms with Gasteiger partial charge in [-0.2, -0.15) is 0 Å². The number of aliphatic hydroxyl groups is 1. The number of ether oxygens (including phenoxy) is 11. The molecule has 17 heteroatoms. The Kier molecular flexibility index (Phi) is 36.2. The molecule has 0 heterocycles. The van der Waals surface area contributed by atoms with E-state index in [4.69, 9.17) is 65.4 Å². The zero-order chi connectivity index (χ0) is 37.0. The Hall–Kier alpha value is 0.0906. The Balaban J connectivity index is 3.33. The van der Waals surface area contributed by atoms with Crippen molar-refractivity contribution in [3.05, 3.63) is 0 Å². The van der Waals surface area contributed by atoms with Gasteiger partial charge in [0.15, 0.2) is 17.4 Å². The van der Waals surface area contributed by atoms with E-state index in [2.05, 4.69) is 46.6 Å². The predicted molar refractivity (Wildman–Crippen MR) is 201 cm³/mol. The van der Waals surface area contributed by atoms with Crippen LogP contribution < -0.4 is 0 Å². The van der Waals surface area contributed by atoms with E-state index in [1.807, 2.05) is 0 Å². The van der Waals surface area contributed by atoms with Gasteiger partial charge in [-0.05, 0) is 50.7 Å². The standard InChI is InChI=1S/C33H74O14Si3/c1-33(2)49(5,6)47-50(7,46-48(3)4)32-8-10-35-12-14-37-16-18-39-20-22-41-24-26-43-28-30-45-31-29-44-27-25-42-23-21-40-19-17-38-15-13-36-11-9-34/h33-34,48H,8-32H2,1-7H3. The average Bonchev–Trinajstić information content (AvgIpc) is 3.05. The Morgan fingerprint density at radius 3 is 0.940 bits per heavy atom. The molecule has 0 amide bonds. The molecule has 1 N–H and O–H groups in total. The molecule has 0 aliphatic heterocycles. The summed E-state index contributed by atoms with van der Waals surface area (Å²) >= 11 is 0. The minimum absolute atomic E-state index is 0.0255. The summed E-state index contributed by atoms with van der Waals surface area (Å²) in [6.45, 7) is 27.1. The quantitative estimate of drug-likeness (QED) is 0.0718. The fraction of sp³-hybridized carbons (Fsp3) is 1.00. The Labute approximate surface area is 307 Å². The second kappa shape index (κ2) is 36.1. The molecular weight excluding hydrogens is 705 g/mol. The lowest BCUT2D eigenvalue weighted by Gasteiger charge is -2.39. The highest BCUT2D eigenvalue weighted by Crippen LogP contribution is 2.29. The fourth-order valence-electron chi connectivity index (χ4n) is 4.17. The third-order valence-corrected chi connectivity index (χ3v) is 19.0. The van der Waals surface area contributed by atoms with Crippen LogP contribution in [-0.4, -0.2) is 183 Å². The molecule has 14 nitrogen and oxygen atoms in total. The van der Waals surface area contributed by atoms with Crippen molar-refractivity contribution in [2.24, 2.45) is 0 Å². The Bertz CT molecular complexity index is 700. The van der Waals surface area contributed by atoms with Crippen LogP contribution in [0.3, 0.4) is 0 Å². The normalized spacial score (nSPS) is 13.6. The van der Waals surface area contributed by atoms with Gasteiger partial charge in [-0.25, -0.2) is 0 Å². The molecule has 1 unspecified atom stereocenters. The maximum absolute atomic E-state index is 8.59. The molecule has 302 valence electrons. The van der Waals surface area contributed by atoms with E-state index in [9.17, 15) is 0 Å². The lowest BCUT2D eigenvalue weighted by molar-refractivity contribution is -0.0278. The monoisotopic (exact) mass is 778 g/mol. The minimum Gasteiger partial charge on any atom is -0.439 e. The van der Waals surface area contributed by atoms with Crippen molar-refractivity contribution < 1.29 is 65.4 Å². The van der Waals surface area contributed by atoms with E-state index >= 15 is 0 Å². The van der Waals surface area contributed by atoms with Crippen LogP contribution in [0.2, 0.25) is 44.3 Å². The van der Waals surface area contributed by atoms with Crippen molar-refractivity contribution >= 4 is 25.9 Å². The lowest BCUT2D eigenvalue weighted by Crippen LogP contribution is -2.51. The third kappa shape index (κ3) is 35.1. The van der Waals surface area contributed by atoms with Crippen LogP contribution in [0.4, 0.5) is 0 Å². The van der Waals surface area contributed by atoms with Crippen LogP contribution in [0.25, 0.3) is 0 Å². The van der Waals surface area contributed by atoms with Gasteiger partial charge in [0.1, 0.15) is 0 Å². The van der Waals surface area contributed by atoms with Gasteiger partial charge in [-0.3, -0.25) is 0 Å². The van der Waals surface area contributed by atoms with Gasteiger partial charge in [0, 0.05) is 6.61 Å². The zero-order valence-corrected chi connectivity index (χ0v) is 35.7. The molecule has 0 aromatic rings. The van der Waals surface area contributed by atoms with Crippen molar-refractivity contribution in [3.63, 3.8) is 0 Å². The average molecular weight is 779 g/mol. The summed E-state index contributed by atoms with van der Waals surface area (Å²) in [6, 6.07) is 0.968. The maximum atomic E-state index is 8.59. The van der Waals surface area contributed by atoms with Gasteiger partial charge in [0.2, 0.25) is 0 Å². The molecule has 0 aromatic carbocycles. The van der Waals surface area contributed by atoms with Crippen molar-refractivity contribution in [1.82, 2.24) is 0 Å².